The second kappa shape index (κ2) is 7.41. The van der Waals surface area contributed by atoms with Gasteiger partial charge in [-0.25, -0.2) is 4.39 Å². The zero-order valence-corrected chi connectivity index (χ0v) is 12.8. The van der Waals surface area contributed by atoms with Crippen LogP contribution >= 0.6 is 11.3 Å². The predicted octanol–water partition coefficient (Wildman–Crippen LogP) is 3.81. The number of nitrogens with zero attached hydrogens (tertiary/aromatic N) is 1. The standard InChI is InChI=1S/C16H21FN2S/c1-3-19(15-6-4-14(17)5-7-15)10-9-18-12-16-13(2)8-11-20-16/h4-8,11,18H,3,9-10,12H2,1-2H3. The summed E-state index contributed by atoms with van der Waals surface area (Å²) in [5.41, 5.74) is 2.43. The van der Waals surface area contributed by atoms with Crippen molar-refractivity contribution in [3.63, 3.8) is 0 Å². The molecule has 0 aliphatic heterocycles. The Kier molecular flexibility index (Phi) is 5.56. The van der Waals surface area contributed by atoms with E-state index in [1.54, 1.807) is 11.3 Å². The molecule has 108 valence electrons. The first-order valence-electron chi connectivity index (χ1n) is 6.95. The number of benzene rings is 1. The summed E-state index contributed by atoms with van der Waals surface area (Å²) < 4.78 is 12.9. The highest BCUT2D eigenvalue weighted by molar-refractivity contribution is 7.10. The first-order valence-corrected chi connectivity index (χ1v) is 7.83. The van der Waals surface area contributed by atoms with Gasteiger partial charge in [-0.1, -0.05) is 0 Å². The highest BCUT2D eigenvalue weighted by Crippen LogP contribution is 2.15. The number of hydrogen-bond donors (Lipinski definition) is 1. The van der Waals surface area contributed by atoms with E-state index in [0.717, 1.165) is 31.9 Å². The van der Waals surface area contributed by atoms with E-state index in [2.05, 4.69) is 35.5 Å². The Labute approximate surface area is 124 Å². The second-order valence-corrected chi connectivity index (χ2v) is 5.76. The van der Waals surface area contributed by atoms with Gasteiger partial charge < -0.3 is 10.2 Å². The van der Waals surface area contributed by atoms with Crippen molar-refractivity contribution < 1.29 is 4.39 Å². The molecule has 0 bridgehead atoms. The van der Waals surface area contributed by atoms with Gasteiger partial charge in [-0.3, -0.25) is 0 Å². The molecule has 0 aliphatic rings. The summed E-state index contributed by atoms with van der Waals surface area (Å²) in [4.78, 5) is 3.64. The number of halogens is 1. The van der Waals surface area contributed by atoms with Crippen LogP contribution in [0.1, 0.15) is 17.4 Å². The number of aryl methyl sites for hydroxylation is 1. The quantitative estimate of drug-likeness (QED) is 0.781. The van der Waals surface area contributed by atoms with Crippen LogP contribution in [0, 0.1) is 12.7 Å². The minimum absolute atomic E-state index is 0.184. The van der Waals surface area contributed by atoms with Gasteiger partial charge in [0.25, 0.3) is 0 Å². The predicted molar refractivity (Wildman–Crippen MR) is 85.0 cm³/mol. The molecule has 0 radical (unpaired) electrons. The lowest BCUT2D eigenvalue weighted by Gasteiger charge is -2.23. The summed E-state index contributed by atoms with van der Waals surface area (Å²) in [6, 6.07) is 8.85. The Morgan fingerprint density at radius 1 is 1.20 bits per heavy atom. The van der Waals surface area contributed by atoms with Crippen molar-refractivity contribution in [3.8, 4) is 0 Å². The monoisotopic (exact) mass is 292 g/mol. The molecule has 2 nitrogen and oxygen atoms in total. The normalized spacial score (nSPS) is 10.8. The van der Waals surface area contributed by atoms with E-state index in [-0.39, 0.29) is 5.82 Å². The van der Waals surface area contributed by atoms with Gasteiger partial charge in [0.15, 0.2) is 0 Å². The van der Waals surface area contributed by atoms with E-state index >= 15 is 0 Å². The van der Waals surface area contributed by atoms with Crippen molar-refractivity contribution in [2.45, 2.75) is 20.4 Å². The number of rotatable bonds is 7. The summed E-state index contributed by atoms with van der Waals surface area (Å²) in [6.45, 7) is 7.95. The smallest absolute Gasteiger partial charge is 0.123 e. The van der Waals surface area contributed by atoms with Gasteiger partial charge in [-0.15, -0.1) is 11.3 Å². The molecule has 1 aromatic carbocycles. The summed E-state index contributed by atoms with van der Waals surface area (Å²) >= 11 is 1.79. The molecule has 1 N–H and O–H groups in total. The van der Waals surface area contributed by atoms with Crippen molar-refractivity contribution in [3.05, 3.63) is 52.0 Å². The van der Waals surface area contributed by atoms with Crippen LogP contribution in [-0.2, 0) is 6.54 Å². The number of thiophene rings is 1. The van der Waals surface area contributed by atoms with Crippen LogP contribution in [0.5, 0.6) is 0 Å². The summed E-state index contributed by atoms with van der Waals surface area (Å²) in [6.07, 6.45) is 0. The first-order chi connectivity index (χ1) is 9.70. The van der Waals surface area contributed by atoms with E-state index in [9.17, 15) is 4.39 Å². The Hall–Kier alpha value is -1.39. The molecule has 20 heavy (non-hydrogen) atoms. The van der Waals surface area contributed by atoms with Gasteiger partial charge in [0.05, 0.1) is 0 Å². The summed E-state index contributed by atoms with van der Waals surface area (Å²) in [7, 11) is 0. The number of anilines is 1. The van der Waals surface area contributed by atoms with Gasteiger partial charge in [0.2, 0.25) is 0 Å². The second-order valence-electron chi connectivity index (χ2n) is 4.76. The average molecular weight is 292 g/mol. The van der Waals surface area contributed by atoms with Crippen LogP contribution in [0.4, 0.5) is 10.1 Å². The van der Waals surface area contributed by atoms with Crippen molar-refractivity contribution in [1.82, 2.24) is 5.32 Å². The molecule has 0 saturated carbocycles. The maximum Gasteiger partial charge on any atom is 0.123 e. The molecular weight excluding hydrogens is 271 g/mol. The van der Waals surface area contributed by atoms with Crippen molar-refractivity contribution in [2.24, 2.45) is 0 Å². The highest BCUT2D eigenvalue weighted by atomic mass is 32.1. The minimum Gasteiger partial charge on any atom is -0.371 e. The van der Waals surface area contributed by atoms with Crippen molar-refractivity contribution >= 4 is 17.0 Å². The summed E-state index contributed by atoms with van der Waals surface area (Å²) in [5, 5.41) is 5.60. The molecule has 0 unspecified atom stereocenters. The molecule has 0 amide bonds. The lowest BCUT2D eigenvalue weighted by molar-refractivity contribution is 0.626. The third-order valence-corrected chi connectivity index (χ3v) is 4.41. The molecule has 1 heterocycles. The van der Waals surface area contributed by atoms with E-state index in [1.807, 2.05) is 12.1 Å². The molecule has 0 spiro atoms. The highest BCUT2D eigenvalue weighted by Gasteiger charge is 2.04. The van der Waals surface area contributed by atoms with Gasteiger partial charge in [0, 0.05) is 36.7 Å². The molecule has 0 fully saturated rings. The lowest BCUT2D eigenvalue weighted by Crippen LogP contribution is -2.31. The lowest BCUT2D eigenvalue weighted by atomic mass is 10.2. The molecular formula is C16H21FN2S. The Bertz CT molecular complexity index is 522. The Morgan fingerprint density at radius 2 is 1.95 bits per heavy atom. The van der Waals surface area contributed by atoms with E-state index in [4.69, 9.17) is 0 Å². The summed E-state index contributed by atoms with van der Waals surface area (Å²) in [5.74, 6) is -0.184. The van der Waals surface area contributed by atoms with Crippen LogP contribution in [-0.4, -0.2) is 19.6 Å². The molecule has 0 atom stereocenters. The first kappa shape index (κ1) is 15.0. The maximum absolute atomic E-state index is 12.9. The number of nitrogens with one attached hydrogen (secondary N) is 1. The van der Waals surface area contributed by atoms with E-state index in [1.165, 1.54) is 22.6 Å². The van der Waals surface area contributed by atoms with Crippen molar-refractivity contribution in [1.29, 1.82) is 0 Å². The zero-order valence-electron chi connectivity index (χ0n) is 12.0. The molecule has 2 rings (SSSR count). The molecule has 2 aromatic rings. The van der Waals surface area contributed by atoms with Gasteiger partial charge in [-0.2, -0.15) is 0 Å². The molecule has 0 aliphatic carbocycles. The van der Waals surface area contributed by atoms with Crippen LogP contribution in [0.3, 0.4) is 0 Å². The van der Waals surface area contributed by atoms with Crippen LogP contribution in [0.15, 0.2) is 35.7 Å². The average Bonchev–Trinajstić information content (AvgIpc) is 2.86. The fraction of sp³-hybridized carbons (Fsp3) is 0.375. The SMILES string of the molecule is CCN(CCNCc1sccc1C)c1ccc(F)cc1. The molecule has 4 heteroatoms. The fourth-order valence-corrected chi connectivity index (χ4v) is 3.00. The van der Waals surface area contributed by atoms with Gasteiger partial charge in [0.1, 0.15) is 5.82 Å². The molecule has 0 saturated heterocycles. The Morgan fingerprint density at radius 3 is 2.55 bits per heavy atom. The van der Waals surface area contributed by atoms with Gasteiger partial charge in [-0.05, 0) is 55.1 Å². The zero-order chi connectivity index (χ0) is 14.4. The van der Waals surface area contributed by atoms with E-state index in [0.29, 0.717) is 0 Å². The third kappa shape index (κ3) is 4.05. The van der Waals surface area contributed by atoms with Crippen LogP contribution in [0.2, 0.25) is 0 Å². The maximum atomic E-state index is 12.9. The molecule has 1 aromatic heterocycles. The van der Waals surface area contributed by atoms with Crippen molar-refractivity contribution in [2.75, 3.05) is 24.5 Å². The minimum atomic E-state index is -0.184. The number of likely N-dealkylation sites (N-methyl/N-ethyl adjacent to an activating group) is 1. The topological polar surface area (TPSA) is 15.3 Å². The van der Waals surface area contributed by atoms with Crippen LogP contribution < -0.4 is 10.2 Å². The third-order valence-electron chi connectivity index (χ3n) is 3.39. The van der Waals surface area contributed by atoms with Gasteiger partial charge >= 0.3 is 0 Å². The van der Waals surface area contributed by atoms with Crippen LogP contribution in [0.25, 0.3) is 0 Å². The fourth-order valence-electron chi connectivity index (χ4n) is 2.12. The van der Waals surface area contributed by atoms with E-state index < -0.39 is 0 Å². The largest absolute Gasteiger partial charge is 0.371 e. The number of hydrogen-bond acceptors (Lipinski definition) is 3. The Balaban J connectivity index is 1.79.